The van der Waals surface area contributed by atoms with Crippen LogP contribution in [0.4, 0.5) is 4.79 Å². The quantitative estimate of drug-likeness (QED) is 0.688. The highest BCUT2D eigenvalue weighted by molar-refractivity contribution is 6.00. The molecule has 0 radical (unpaired) electrons. The van der Waals surface area contributed by atoms with E-state index in [1.165, 1.54) is 4.90 Å². The van der Waals surface area contributed by atoms with E-state index in [0.717, 1.165) is 48.2 Å². The second kappa shape index (κ2) is 9.86. The molecule has 0 atom stereocenters. The molecule has 2 aliphatic heterocycles. The summed E-state index contributed by atoms with van der Waals surface area (Å²) in [5, 5.41) is 10.1. The van der Waals surface area contributed by atoms with Crippen LogP contribution in [0.1, 0.15) is 68.1 Å². The van der Waals surface area contributed by atoms with Gasteiger partial charge >= 0.3 is 6.09 Å². The Bertz CT molecular complexity index is 1040. The maximum absolute atomic E-state index is 13.4. The van der Waals surface area contributed by atoms with E-state index in [1.807, 2.05) is 13.0 Å². The van der Waals surface area contributed by atoms with Crippen molar-refractivity contribution in [2.75, 3.05) is 39.3 Å². The van der Waals surface area contributed by atoms with Gasteiger partial charge in [0, 0.05) is 62.3 Å². The number of piperidine rings is 1. The highest BCUT2D eigenvalue weighted by atomic mass is 16.5. The van der Waals surface area contributed by atoms with Crippen molar-refractivity contribution in [3.8, 4) is 5.75 Å². The fourth-order valence-corrected chi connectivity index (χ4v) is 5.04. The van der Waals surface area contributed by atoms with Crippen molar-refractivity contribution in [1.82, 2.24) is 14.7 Å². The molecular weight excluding hydrogens is 434 g/mol. The lowest BCUT2D eigenvalue weighted by molar-refractivity contribution is 0.0596. The smallest absolute Gasteiger partial charge is 0.407 e. The normalized spacial score (nSPS) is 18.3. The van der Waals surface area contributed by atoms with E-state index in [4.69, 9.17) is 9.15 Å². The Morgan fingerprint density at radius 3 is 2.18 bits per heavy atom. The van der Waals surface area contributed by atoms with Crippen molar-refractivity contribution in [2.24, 2.45) is 0 Å². The lowest BCUT2D eigenvalue weighted by Crippen LogP contribution is -2.50. The van der Waals surface area contributed by atoms with E-state index in [1.54, 1.807) is 4.90 Å². The number of furan rings is 1. The molecule has 0 spiro atoms. The molecule has 0 unspecified atom stereocenters. The summed E-state index contributed by atoms with van der Waals surface area (Å²) in [4.78, 5) is 30.1. The number of piperazine rings is 1. The third-order valence-corrected chi connectivity index (χ3v) is 7.13. The van der Waals surface area contributed by atoms with Gasteiger partial charge in [-0.25, -0.2) is 4.79 Å². The van der Waals surface area contributed by atoms with Crippen LogP contribution in [-0.2, 0) is 0 Å². The molecule has 2 aromatic rings. The second-order valence-electron chi connectivity index (χ2n) is 10.1. The van der Waals surface area contributed by atoms with Crippen LogP contribution in [0, 0.1) is 6.92 Å². The van der Waals surface area contributed by atoms with Gasteiger partial charge in [-0.1, -0.05) is 13.8 Å². The van der Waals surface area contributed by atoms with Crippen molar-refractivity contribution < 1.29 is 23.8 Å². The number of rotatable bonds is 5. The number of carbonyl (C=O) groups is 2. The molecule has 3 heterocycles. The van der Waals surface area contributed by atoms with Crippen molar-refractivity contribution in [3.05, 3.63) is 29.0 Å². The molecule has 0 aliphatic carbocycles. The standard InChI is InChI=1S/C26H37N3O5/c1-16(2)23-20-14-18(5)21(33-19-6-8-27(9-7-19)17(3)4)15-22(20)34-24(23)25(30)28-10-12-29(13-11-28)26(31)32/h14-17,19H,6-13H2,1-5H3,(H,31,32). The van der Waals surface area contributed by atoms with Gasteiger partial charge in [-0.2, -0.15) is 0 Å². The molecule has 8 heteroatoms. The van der Waals surface area contributed by atoms with Crippen LogP contribution in [-0.4, -0.2) is 83.2 Å². The average molecular weight is 472 g/mol. The molecule has 2 saturated heterocycles. The fourth-order valence-electron chi connectivity index (χ4n) is 5.04. The van der Waals surface area contributed by atoms with E-state index >= 15 is 0 Å². The van der Waals surface area contributed by atoms with E-state index in [2.05, 4.69) is 38.7 Å². The van der Waals surface area contributed by atoms with Gasteiger partial charge in [0.1, 0.15) is 17.4 Å². The summed E-state index contributed by atoms with van der Waals surface area (Å²) in [6, 6.07) is 4.57. The molecule has 2 amide bonds. The van der Waals surface area contributed by atoms with Crippen LogP contribution >= 0.6 is 0 Å². The monoisotopic (exact) mass is 471 g/mol. The summed E-state index contributed by atoms with van der Waals surface area (Å²) in [6.45, 7) is 14.0. The van der Waals surface area contributed by atoms with Crippen molar-refractivity contribution in [1.29, 1.82) is 0 Å². The van der Waals surface area contributed by atoms with Crippen LogP contribution in [0.2, 0.25) is 0 Å². The molecule has 1 aromatic heterocycles. The largest absolute Gasteiger partial charge is 0.490 e. The van der Waals surface area contributed by atoms with E-state index in [9.17, 15) is 14.7 Å². The van der Waals surface area contributed by atoms with Gasteiger partial charge in [0.2, 0.25) is 0 Å². The second-order valence-corrected chi connectivity index (χ2v) is 10.1. The summed E-state index contributed by atoms with van der Waals surface area (Å²) >= 11 is 0. The van der Waals surface area contributed by atoms with Gasteiger partial charge < -0.3 is 29.0 Å². The first-order valence-electron chi connectivity index (χ1n) is 12.4. The van der Waals surface area contributed by atoms with Crippen LogP contribution < -0.4 is 4.74 Å². The van der Waals surface area contributed by atoms with Crippen molar-refractivity contribution in [3.63, 3.8) is 0 Å². The molecule has 1 aromatic carbocycles. The first-order valence-corrected chi connectivity index (χ1v) is 12.4. The van der Waals surface area contributed by atoms with Gasteiger partial charge in [0.05, 0.1) is 0 Å². The summed E-state index contributed by atoms with van der Waals surface area (Å²) in [7, 11) is 0. The third-order valence-electron chi connectivity index (χ3n) is 7.13. The van der Waals surface area contributed by atoms with Gasteiger partial charge in [0.25, 0.3) is 5.91 Å². The molecule has 0 bridgehead atoms. The lowest BCUT2D eigenvalue weighted by atomic mass is 9.97. The molecule has 0 saturated carbocycles. The average Bonchev–Trinajstić information content (AvgIpc) is 3.17. The number of ether oxygens (including phenoxy) is 1. The summed E-state index contributed by atoms with van der Waals surface area (Å²) < 4.78 is 12.6. The van der Waals surface area contributed by atoms with Crippen LogP contribution in [0.25, 0.3) is 11.0 Å². The molecular formula is C26H37N3O5. The number of carboxylic acid groups (broad SMARTS) is 1. The lowest BCUT2D eigenvalue weighted by Gasteiger charge is -2.34. The highest BCUT2D eigenvalue weighted by Crippen LogP contribution is 2.37. The zero-order valence-corrected chi connectivity index (χ0v) is 21.0. The predicted octanol–water partition coefficient (Wildman–Crippen LogP) is 4.55. The maximum atomic E-state index is 13.4. The number of amides is 2. The van der Waals surface area contributed by atoms with Crippen molar-refractivity contribution >= 4 is 23.0 Å². The number of hydrogen-bond acceptors (Lipinski definition) is 5. The van der Waals surface area contributed by atoms with Gasteiger partial charge in [0.15, 0.2) is 5.76 Å². The Morgan fingerprint density at radius 1 is 1.00 bits per heavy atom. The summed E-state index contributed by atoms with van der Waals surface area (Å²) in [6.07, 6.45) is 1.22. The van der Waals surface area contributed by atoms with E-state index in [0.29, 0.717) is 43.6 Å². The van der Waals surface area contributed by atoms with Crippen LogP contribution in [0.15, 0.2) is 16.5 Å². The summed E-state index contributed by atoms with van der Waals surface area (Å²) in [5.74, 6) is 1.10. The molecule has 1 N–H and O–H groups in total. The fraction of sp³-hybridized carbons (Fsp3) is 0.615. The minimum atomic E-state index is -0.948. The molecule has 186 valence electrons. The number of hydrogen-bond donors (Lipinski definition) is 1. The van der Waals surface area contributed by atoms with Gasteiger partial charge in [-0.15, -0.1) is 0 Å². The van der Waals surface area contributed by atoms with E-state index in [-0.39, 0.29) is 17.9 Å². The molecule has 34 heavy (non-hydrogen) atoms. The van der Waals surface area contributed by atoms with Crippen LogP contribution in [0.5, 0.6) is 5.75 Å². The number of likely N-dealkylation sites (tertiary alicyclic amines) is 1. The minimum Gasteiger partial charge on any atom is -0.490 e. The topological polar surface area (TPSA) is 86.5 Å². The number of carbonyl (C=O) groups excluding carboxylic acids is 1. The Balaban J connectivity index is 1.56. The molecule has 2 fully saturated rings. The SMILES string of the molecule is Cc1cc2c(C(C)C)c(C(=O)N3CCN(C(=O)O)CC3)oc2cc1OC1CCN(C(C)C)CC1. The molecule has 8 nitrogen and oxygen atoms in total. The Kier molecular flexibility index (Phi) is 7.07. The number of nitrogens with zero attached hydrogens (tertiary/aromatic N) is 3. The number of benzene rings is 1. The Morgan fingerprint density at radius 2 is 1.62 bits per heavy atom. The Labute approximate surface area is 201 Å². The predicted molar refractivity (Wildman–Crippen MR) is 131 cm³/mol. The van der Waals surface area contributed by atoms with Gasteiger partial charge in [-0.3, -0.25) is 4.79 Å². The Hall–Kier alpha value is -2.74. The minimum absolute atomic E-state index is 0.104. The van der Waals surface area contributed by atoms with Crippen LogP contribution in [0.3, 0.4) is 0 Å². The van der Waals surface area contributed by atoms with E-state index < -0.39 is 6.09 Å². The maximum Gasteiger partial charge on any atom is 0.407 e. The van der Waals surface area contributed by atoms with Crippen molar-refractivity contribution in [2.45, 2.75) is 65.5 Å². The third kappa shape index (κ3) is 4.87. The number of aryl methyl sites for hydroxylation is 1. The first kappa shape index (κ1) is 24.4. The molecule has 4 rings (SSSR count). The highest BCUT2D eigenvalue weighted by Gasteiger charge is 2.31. The number of fused-ring (bicyclic) bond motifs is 1. The zero-order chi connectivity index (χ0) is 24.6. The summed E-state index contributed by atoms with van der Waals surface area (Å²) in [5.41, 5.74) is 2.60. The first-order chi connectivity index (χ1) is 16.2. The molecule has 2 aliphatic rings. The van der Waals surface area contributed by atoms with Gasteiger partial charge in [-0.05, 0) is 51.2 Å². The zero-order valence-electron chi connectivity index (χ0n) is 21.0.